The summed E-state index contributed by atoms with van der Waals surface area (Å²) in [5.41, 5.74) is 6.72. The topological polar surface area (TPSA) is 66.5 Å². The maximum absolute atomic E-state index is 5.32. The molecular weight excluding hydrogens is 260 g/mol. The van der Waals surface area contributed by atoms with Crippen LogP contribution in [-0.2, 0) is 0 Å². The summed E-state index contributed by atoms with van der Waals surface area (Å²) in [6, 6.07) is 3.94. The predicted octanol–water partition coefficient (Wildman–Crippen LogP) is 3.48. The van der Waals surface area contributed by atoms with Gasteiger partial charge in [0.05, 0.1) is 16.8 Å². The Morgan fingerprint density at radius 2 is 1.86 bits per heavy atom. The van der Waals surface area contributed by atoms with Crippen molar-refractivity contribution in [2.24, 2.45) is 15.7 Å². The summed E-state index contributed by atoms with van der Waals surface area (Å²) in [6.45, 7) is 10.3. The van der Waals surface area contributed by atoms with Crippen molar-refractivity contribution in [3.63, 3.8) is 0 Å². The molecular formula is C17H26N4. The van der Waals surface area contributed by atoms with Gasteiger partial charge in [-0.05, 0) is 64.6 Å². The van der Waals surface area contributed by atoms with Gasteiger partial charge in [0.15, 0.2) is 0 Å². The summed E-state index contributed by atoms with van der Waals surface area (Å²) in [6.07, 6.45) is 10.8. The first-order chi connectivity index (χ1) is 9.78. The van der Waals surface area contributed by atoms with E-state index in [9.17, 15) is 0 Å². The van der Waals surface area contributed by atoms with Gasteiger partial charge in [0.25, 0.3) is 0 Å². The number of aliphatic imine (C=N–C) groups is 2. The van der Waals surface area contributed by atoms with Crippen molar-refractivity contribution in [3.05, 3.63) is 47.9 Å². The minimum absolute atomic E-state index is 0.321. The van der Waals surface area contributed by atoms with Crippen LogP contribution in [0.2, 0.25) is 0 Å². The number of aromatic nitrogens is 1. The molecule has 4 nitrogen and oxygen atoms in total. The van der Waals surface area contributed by atoms with Crippen LogP contribution in [-0.4, -0.2) is 28.5 Å². The third kappa shape index (κ3) is 5.06. The Morgan fingerprint density at radius 3 is 2.43 bits per heavy atom. The number of nitrogens with two attached hydrogens (primary N) is 1. The van der Waals surface area contributed by atoms with E-state index in [-0.39, 0.29) is 11.1 Å². The highest BCUT2D eigenvalue weighted by Crippen LogP contribution is 2.29. The first-order valence-electron chi connectivity index (χ1n) is 7.07. The van der Waals surface area contributed by atoms with Crippen LogP contribution in [0.25, 0.3) is 0 Å². The Hall–Kier alpha value is -2.10. The highest BCUT2D eigenvalue weighted by molar-refractivity contribution is 5.79. The number of hydrogen-bond donors (Lipinski definition) is 2. The average Bonchev–Trinajstić information content (AvgIpc) is 2.94. The monoisotopic (exact) mass is 286 g/mol. The molecule has 1 heterocycles. The number of rotatable bonds is 6. The predicted molar refractivity (Wildman–Crippen MR) is 92.1 cm³/mol. The van der Waals surface area contributed by atoms with E-state index in [0.717, 1.165) is 11.3 Å². The average molecular weight is 286 g/mol. The third-order valence-electron chi connectivity index (χ3n) is 3.71. The third-order valence-corrected chi connectivity index (χ3v) is 3.71. The smallest absolute Gasteiger partial charge is 0.0797 e. The summed E-state index contributed by atoms with van der Waals surface area (Å²) in [7, 11) is 0. The second-order valence-corrected chi connectivity index (χ2v) is 6.06. The molecule has 0 amide bonds. The molecule has 21 heavy (non-hydrogen) atoms. The summed E-state index contributed by atoms with van der Waals surface area (Å²) in [5, 5.41) is 0. The molecule has 3 N–H and O–H groups in total. The van der Waals surface area contributed by atoms with E-state index >= 15 is 0 Å². The quantitative estimate of drug-likeness (QED) is 0.610. The minimum Gasteiger partial charge on any atom is -0.405 e. The van der Waals surface area contributed by atoms with Crippen molar-refractivity contribution in [3.8, 4) is 0 Å². The Labute approximate surface area is 127 Å². The molecule has 0 aliphatic heterocycles. The standard InChI is InChI=1S/C17H26N4/c1-14(8-6-10-18)12-20-16(2,3)17(4,5)21-13-15-9-7-11-19-15/h6-13,19H,18H2,1-5H3/b10-6-,14-8+,20-12?,21-13?. The van der Waals surface area contributed by atoms with Gasteiger partial charge in [-0.1, -0.05) is 6.08 Å². The van der Waals surface area contributed by atoms with Crippen LogP contribution in [0, 0.1) is 0 Å². The molecule has 0 bridgehead atoms. The van der Waals surface area contributed by atoms with Gasteiger partial charge in [0.2, 0.25) is 0 Å². The zero-order valence-electron chi connectivity index (χ0n) is 13.6. The molecule has 0 fully saturated rings. The SMILES string of the molecule is C/C(C=NC(C)(C)C(C)(C)N=Cc1ccc[nH]1)=C\C=C/N. The molecule has 114 valence electrons. The lowest BCUT2D eigenvalue weighted by molar-refractivity contribution is 0.317. The summed E-state index contributed by atoms with van der Waals surface area (Å²) >= 11 is 0. The van der Waals surface area contributed by atoms with E-state index in [0.29, 0.717) is 0 Å². The second-order valence-electron chi connectivity index (χ2n) is 6.06. The van der Waals surface area contributed by atoms with Crippen molar-refractivity contribution in [1.82, 2.24) is 4.98 Å². The second kappa shape index (κ2) is 7.07. The van der Waals surface area contributed by atoms with Crippen LogP contribution in [0.1, 0.15) is 40.3 Å². The Kier molecular flexibility index (Phi) is 5.70. The van der Waals surface area contributed by atoms with E-state index < -0.39 is 0 Å². The lowest BCUT2D eigenvalue weighted by atomic mass is 9.83. The Morgan fingerprint density at radius 1 is 1.19 bits per heavy atom. The fourth-order valence-electron chi connectivity index (χ4n) is 1.48. The molecule has 0 saturated carbocycles. The molecule has 0 unspecified atom stereocenters. The zero-order valence-corrected chi connectivity index (χ0v) is 13.6. The molecule has 0 atom stereocenters. The zero-order chi connectivity index (χ0) is 15.9. The highest BCUT2D eigenvalue weighted by Gasteiger charge is 2.35. The van der Waals surface area contributed by atoms with E-state index in [1.54, 1.807) is 6.08 Å². The van der Waals surface area contributed by atoms with E-state index in [1.807, 2.05) is 43.8 Å². The number of nitrogens with zero attached hydrogens (tertiary/aromatic N) is 2. The number of allylic oxidation sites excluding steroid dienone is 3. The number of hydrogen-bond acceptors (Lipinski definition) is 3. The molecule has 0 saturated heterocycles. The van der Waals surface area contributed by atoms with Gasteiger partial charge in [0, 0.05) is 18.6 Å². The van der Waals surface area contributed by atoms with E-state index in [2.05, 4.69) is 42.7 Å². The maximum atomic E-state index is 5.32. The van der Waals surface area contributed by atoms with Gasteiger partial charge in [-0.2, -0.15) is 0 Å². The first-order valence-corrected chi connectivity index (χ1v) is 7.07. The van der Waals surface area contributed by atoms with E-state index in [4.69, 9.17) is 5.73 Å². The highest BCUT2D eigenvalue weighted by atomic mass is 15.0. The van der Waals surface area contributed by atoms with Crippen LogP contribution < -0.4 is 5.73 Å². The molecule has 0 aromatic carbocycles. The van der Waals surface area contributed by atoms with Crippen LogP contribution in [0.5, 0.6) is 0 Å². The van der Waals surface area contributed by atoms with Crippen molar-refractivity contribution < 1.29 is 0 Å². The summed E-state index contributed by atoms with van der Waals surface area (Å²) < 4.78 is 0. The van der Waals surface area contributed by atoms with Gasteiger partial charge < -0.3 is 10.7 Å². The number of nitrogens with one attached hydrogen (secondary N) is 1. The maximum Gasteiger partial charge on any atom is 0.0797 e. The lowest BCUT2D eigenvalue weighted by Gasteiger charge is -2.35. The molecule has 0 spiro atoms. The number of H-pyrrole nitrogens is 1. The van der Waals surface area contributed by atoms with Gasteiger partial charge in [-0.15, -0.1) is 0 Å². The van der Waals surface area contributed by atoms with Crippen molar-refractivity contribution in [2.75, 3.05) is 0 Å². The van der Waals surface area contributed by atoms with E-state index in [1.165, 1.54) is 6.20 Å². The molecule has 0 aliphatic carbocycles. The normalized spacial score (nSPS) is 14.8. The Bertz CT molecular complexity index is 543. The van der Waals surface area contributed by atoms with Crippen molar-refractivity contribution >= 4 is 12.4 Å². The lowest BCUT2D eigenvalue weighted by Crippen LogP contribution is -2.42. The fourth-order valence-corrected chi connectivity index (χ4v) is 1.48. The first kappa shape index (κ1) is 17.0. The fraction of sp³-hybridized carbons (Fsp3) is 0.412. The van der Waals surface area contributed by atoms with Crippen LogP contribution in [0.4, 0.5) is 0 Å². The number of aromatic amines is 1. The molecule has 1 aromatic rings. The van der Waals surface area contributed by atoms with Gasteiger partial charge in [-0.25, -0.2) is 0 Å². The van der Waals surface area contributed by atoms with Crippen molar-refractivity contribution in [2.45, 2.75) is 45.7 Å². The molecule has 1 aromatic heterocycles. The summed E-state index contributed by atoms with van der Waals surface area (Å²) in [5.74, 6) is 0. The van der Waals surface area contributed by atoms with Crippen LogP contribution in [0.3, 0.4) is 0 Å². The summed E-state index contributed by atoms with van der Waals surface area (Å²) in [4.78, 5) is 12.5. The largest absolute Gasteiger partial charge is 0.405 e. The van der Waals surface area contributed by atoms with Crippen LogP contribution in [0.15, 0.2) is 52.2 Å². The van der Waals surface area contributed by atoms with Gasteiger partial charge in [0.1, 0.15) is 0 Å². The molecule has 0 radical (unpaired) electrons. The molecule has 4 heteroatoms. The Balaban J connectivity index is 2.86. The van der Waals surface area contributed by atoms with Gasteiger partial charge >= 0.3 is 0 Å². The molecule has 1 rings (SSSR count). The minimum atomic E-state index is -0.322. The van der Waals surface area contributed by atoms with Gasteiger partial charge in [-0.3, -0.25) is 9.98 Å². The molecule has 0 aliphatic rings. The van der Waals surface area contributed by atoms with Crippen molar-refractivity contribution in [1.29, 1.82) is 0 Å². The van der Waals surface area contributed by atoms with Crippen LogP contribution >= 0.6 is 0 Å².